The van der Waals surface area contributed by atoms with Gasteiger partial charge in [-0.3, -0.25) is 0 Å². The first-order valence-electron chi connectivity index (χ1n) is 7.11. The third kappa shape index (κ3) is 3.92. The third-order valence-electron chi connectivity index (χ3n) is 3.94. The molecule has 1 saturated carbocycles. The van der Waals surface area contributed by atoms with Gasteiger partial charge in [-0.2, -0.15) is 0 Å². The molecular weight excluding hydrogens is 339 g/mol. The number of halogens is 2. The normalized spacial score (nSPS) is 16.1. The fourth-order valence-corrected chi connectivity index (χ4v) is 3.62. The molecule has 2 nitrogen and oxygen atoms in total. The van der Waals surface area contributed by atoms with Crippen molar-refractivity contribution in [2.24, 2.45) is 11.7 Å². The molecule has 0 saturated heterocycles. The Bertz CT molecular complexity index is 487. The molecule has 0 bridgehead atoms. The molecule has 1 aromatic carbocycles. The molecule has 0 spiro atoms. The molecular formula is C15H20BrFN2S. The van der Waals surface area contributed by atoms with Crippen molar-refractivity contribution in [2.45, 2.75) is 38.5 Å². The van der Waals surface area contributed by atoms with Crippen LogP contribution in [-0.2, 0) is 0 Å². The van der Waals surface area contributed by atoms with Crippen LogP contribution in [0.1, 0.15) is 44.1 Å². The van der Waals surface area contributed by atoms with E-state index in [9.17, 15) is 4.39 Å². The Labute approximate surface area is 133 Å². The third-order valence-corrected chi connectivity index (χ3v) is 4.94. The maximum absolute atomic E-state index is 14.2. The predicted molar refractivity (Wildman–Crippen MR) is 89.7 cm³/mol. The van der Waals surface area contributed by atoms with Crippen molar-refractivity contribution in [1.82, 2.24) is 0 Å². The van der Waals surface area contributed by atoms with E-state index in [-0.39, 0.29) is 10.8 Å². The van der Waals surface area contributed by atoms with E-state index in [0.29, 0.717) is 15.7 Å². The second-order valence-electron chi connectivity index (χ2n) is 5.37. The van der Waals surface area contributed by atoms with Crippen molar-refractivity contribution in [3.05, 3.63) is 28.0 Å². The molecule has 1 aliphatic rings. The van der Waals surface area contributed by atoms with Crippen molar-refractivity contribution in [3.63, 3.8) is 0 Å². The lowest BCUT2D eigenvalue weighted by atomic mass is 9.87. The molecule has 1 aliphatic carbocycles. The van der Waals surface area contributed by atoms with E-state index in [0.717, 1.165) is 18.9 Å². The van der Waals surface area contributed by atoms with Crippen molar-refractivity contribution >= 4 is 38.8 Å². The van der Waals surface area contributed by atoms with Crippen molar-refractivity contribution in [3.8, 4) is 0 Å². The highest BCUT2D eigenvalue weighted by atomic mass is 79.9. The van der Waals surface area contributed by atoms with Crippen molar-refractivity contribution in [2.75, 3.05) is 11.9 Å². The molecule has 0 unspecified atom stereocenters. The highest BCUT2D eigenvalue weighted by Crippen LogP contribution is 2.29. The SMILES string of the molecule is NC(=S)c1ccc(NCCC2CCCCC2)c(F)c1Br. The van der Waals surface area contributed by atoms with Gasteiger partial charge in [0.25, 0.3) is 0 Å². The molecule has 110 valence electrons. The van der Waals surface area contributed by atoms with Crippen LogP contribution in [0.2, 0.25) is 0 Å². The number of hydrogen-bond acceptors (Lipinski definition) is 2. The zero-order valence-electron chi connectivity index (χ0n) is 11.4. The summed E-state index contributed by atoms with van der Waals surface area (Å²) in [6, 6.07) is 3.45. The Kier molecular flexibility index (Phi) is 5.78. The van der Waals surface area contributed by atoms with Gasteiger partial charge in [0.05, 0.1) is 10.2 Å². The molecule has 1 aromatic rings. The van der Waals surface area contributed by atoms with Crippen LogP contribution in [0.4, 0.5) is 10.1 Å². The van der Waals surface area contributed by atoms with E-state index >= 15 is 0 Å². The molecule has 3 N–H and O–H groups in total. The fourth-order valence-electron chi connectivity index (χ4n) is 2.76. The molecule has 1 fully saturated rings. The van der Waals surface area contributed by atoms with Crippen LogP contribution in [0.3, 0.4) is 0 Å². The van der Waals surface area contributed by atoms with Crippen LogP contribution < -0.4 is 11.1 Å². The summed E-state index contributed by atoms with van der Waals surface area (Å²) in [5.74, 6) is 0.470. The summed E-state index contributed by atoms with van der Waals surface area (Å²) in [6.45, 7) is 0.806. The maximum atomic E-state index is 14.2. The fraction of sp³-hybridized carbons (Fsp3) is 0.533. The van der Waals surface area contributed by atoms with Gasteiger partial charge in [0.2, 0.25) is 0 Å². The zero-order valence-corrected chi connectivity index (χ0v) is 13.8. The highest BCUT2D eigenvalue weighted by molar-refractivity contribution is 9.10. The monoisotopic (exact) mass is 358 g/mol. The number of rotatable bonds is 5. The Balaban J connectivity index is 1.92. The largest absolute Gasteiger partial charge is 0.389 e. The minimum absolute atomic E-state index is 0.199. The van der Waals surface area contributed by atoms with Gasteiger partial charge in [0, 0.05) is 12.1 Å². The summed E-state index contributed by atoms with van der Waals surface area (Å²) in [6.07, 6.45) is 7.78. The first-order valence-corrected chi connectivity index (χ1v) is 8.31. The lowest BCUT2D eigenvalue weighted by Crippen LogP contribution is -2.14. The number of thiocarbonyl (C=S) groups is 1. The van der Waals surface area contributed by atoms with E-state index in [4.69, 9.17) is 18.0 Å². The van der Waals surface area contributed by atoms with Gasteiger partial charge in [0.1, 0.15) is 4.99 Å². The van der Waals surface area contributed by atoms with Gasteiger partial charge in [-0.1, -0.05) is 44.3 Å². The topological polar surface area (TPSA) is 38.0 Å². The molecule has 5 heteroatoms. The van der Waals surface area contributed by atoms with Gasteiger partial charge >= 0.3 is 0 Å². The molecule has 0 amide bonds. The smallest absolute Gasteiger partial charge is 0.161 e. The summed E-state index contributed by atoms with van der Waals surface area (Å²) in [4.78, 5) is 0.199. The van der Waals surface area contributed by atoms with E-state index in [1.807, 2.05) is 0 Å². The van der Waals surface area contributed by atoms with Crippen molar-refractivity contribution < 1.29 is 4.39 Å². The number of benzene rings is 1. The van der Waals surface area contributed by atoms with Crippen LogP contribution in [0.25, 0.3) is 0 Å². The average Bonchev–Trinajstić information content (AvgIpc) is 2.44. The summed E-state index contributed by atoms with van der Waals surface area (Å²) in [5.41, 5.74) is 6.59. The quantitative estimate of drug-likeness (QED) is 0.755. The molecule has 20 heavy (non-hydrogen) atoms. The van der Waals surface area contributed by atoms with E-state index in [1.165, 1.54) is 32.1 Å². The van der Waals surface area contributed by atoms with Gasteiger partial charge in [-0.15, -0.1) is 0 Å². The Morgan fingerprint density at radius 2 is 2.05 bits per heavy atom. The number of nitrogens with two attached hydrogens (primary N) is 1. The minimum atomic E-state index is -0.320. The molecule has 0 heterocycles. The molecule has 0 aliphatic heterocycles. The number of anilines is 1. The van der Waals surface area contributed by atoms with Gasteiger partial charge in [-0.05, 0) is 40.4 Å². The van der Waals surface area contributed by atoms with Crippen LogP contribution in [-0.4, -0.2) is 11.5 Å². The van der Waals surface area contributed by atoms with Gasteiger partial charge < -0.3 is 11.1 Å². The lowest BCUT2D eigenvalue weighted by molar-refractivity contribution is 0.345. The molecule has 0 atom stereocenters. The van der Waals surface area contributed by atoms with E-state index in [1.54, 1.807) is 12.1 Å². The number of nitrogens with one attached hydrogen (secondary N) is 1. The Morgan fingerprint density at radius 1 is 1.35 bits per heavy atom. The van der Waals surface area contributed by atoms with Crippen molar-refractivity contribution in [1.29, 1.82) is 0 Å². The first-order chi connectivity index (χ1) is 9.59. The molecule has 0 aromatic heterocycles. The van der Waals surface area contributed by atoms with Gasteiger partial charge in [0.15, 0.2) is 5.82 Å². The Morgan fingerprint density at radius 3 is 2.70 bits per heavy atom. The standard InChI is InChI=1S/C15H20BrFN2S/c16-13-11(15(18)20)6-7-12(14(13)17)19-9-8-10-4-2-1-3-5-10/h6-7,10,19H,1-5,8-9H2,(H2,18,20). The van der Waals surface area contributed by atoms with Crippen LogP contribution in [0.5, 0.6) is 0 Å². The maximum Gasteiger partial charge on any atom is 0.161 e. The average molecular weight is 359 g/mol. The summed E-state index contributed by atoms with van der Waals surface area (Å²) < 4.78 is 14.5. The van der Waals surface area contributed by atoms with E-state index < -0.39 is 0 Å². The summed E-state index contributed by atoms with van der Waals surface area (Å²) in [5, 5.41) is 3.18. The molecule has 2 rings (SSSR count). The highest BCUT2D eigenvalue weighted by Gasteiger charge is 2.15. The summed E-state index contributed by atoms with van der Waals surface area (Å²) in [7, 11) is 0. The second kappa shape index (κ2) is 7.36. The minimum Gasteiger partial charge on any atom is -0.389 e. The first kappa shape index (κ1) is 15.7. The Hall–Kier alpha value is -0.680. The number of hydrogen-bond donors (Lipinski definition) is 2. The lowest BCUT2D eigenvalue weighted by Gasteiger charge is -2.21. The van der Waals surface area contributed by atoms with E-state index in [2.05, 4.69) is 21.2 Å². The second-order valence-corrected chi connectivity index (χ2v) is 6.61. The van der Waals surface area contributed by atoms with Crippen LogP contribution in [0.15, 0.2) is 16.6 Å². The van der Waals surface area contributed by atoms with Crippen LogP contribution >= 0.6 is 28.1 Å². The van der Waals surface area contributed by atoms with Gasteiger partial charge in [-0.25, -0.2) is 4.39 Å². The summed E-state index contributed by atoms with van der Waals surface area (Å²) >= 11 is 8.10. The predicted octanol–water partition coefficient (Wildman–Crippen LogP) is 4.60. The van der Waals surface area contributed by atoms with Crippen LogP contribution in [0, 0.1) is 11.7 Å². The molecule has 0 radical (unpaired) electrons. The zero-order chi connectivity index (χ0) is 14.5.